The normalized spacial score (nSPS) is 10.8. The molecule has 0 spiro atoms. The minimum atomic E-state index is -0.352. The van der Waals surface area contributed by atoms with E-state index < -0.39 is 0 Å². The molecule has 5 aromatic rings. The summed E-state index contributed by atoms with van der Waals surface area (Å²) in [7, 11) is 0. The summed E-state index contributed by atoms with van der Waals surface area (Å²) >= 11 is 0. The second-order valence-electron chi connectivity index (χ2n) is 8.52. The molecule has 0 saturated carbocycles. The first-order valence-corrected chi connectivity index (χ1v) is 11.4. The van der Waals surface area contributed by atoms with Crippen molar-refractivity contribution in [2.24, 2.45) is 0 Å². The zero-order valence-electron chi connectivity index (χ0n) is 19.8. The van der Waals surface area contributed by atoms with Crippen molar-refractivity contribution in [2.45, 2.75) is 20.8 Å². The van der Waals surface area contributed by atoms with Gasteiger partial charge in [-0.15, -0.1) is 0 Å². The minimum Gasteiger partial charge on any atom is -0.338 e. The van der Waals surface area contributed by atoms with Crippen molar-refractivity contribution in [3.05, 3.63) is 102 Å². The van der Waals surface area contributed by atoms with Crippen molar-refractivity contribution >= 4 is 39.9 Å². The summed E-state index contributed by atoms with van der Waals surface area (Å²) in [4.78, 5) is 17.8. The number of benzene rings is 3. The number of nitrogens with zero attached hydrogens (tertiary/aromatic N) is 3. The number of aryl methyl sites for hydroxylation is 3. The third-order valence-corrected chi connectivity index (χ3v) is 5.72. The lowest BCUT2D eigenvalue weighted by atomic mass is 10.2. The average Bonchev–Trinajstić information content (AvgIpc) is 3.18. The number of hydrogen-bond donors (Lipinski definition) is 3. The maximum absolute atomic E-state index is 12.9. The second kappa shape index (κ2) is 9.30. The zero-order chi connectivity index (χ0) is 24.4. The monoisotopic (exact) mass is 462 g/mol. The van der Waals surface area contributed by atoms with Crippen LogP contribution in [0.15, 0.2) is 84.9 Å². The van der Waals surface area contributed by atoms with Gasteiger partial charge in [-0.3, -0.25) is 0 Å². The largest absolute Gasteiger partial charge is 0.338 e. The Morgan fingerprint density at radius 2 is 1.40 bits per heavy atom. The van der Waals surface area contributed by atoms with Crippen LogP contribution in [0.25, 0.3) is 16.7 Å². The first-order valence-electron chi connectivity index (χ1n) is 11.4. The summed E-state index contributed by atoms with van der Waals surface area (Å²) in [6.07, 6.45) is 0. The van der Waals surface area contributed by atoms with Crippen LogP contribution in [0, 0.1) is 20.8 Å². The highest BCUT2D eigenvalue weighted by molar-refractivity contribution is 6.03. The van der Waals surface area contributed by atoms with Gasteiger partial charge in [0.15, 0.2) is 11.5 Å². The molecule has 0 saturated heterocycles. The molecule has 3 aromatic carbocycles. The molecule has 0 aliphatic rings. The van der Waals surface area contributed by atoms with Crippen LogP contribution in [0.3, 0.4) is 0 Å². The van der Waals surface area contributed by atoms with Gasteiger partial charge in [0, 0.05) is 16.8 Å². The Morgan fingerprint density at radius 3 is 2.06 bits per heavy atom. The fourth-order valence-electron chi connectivity index (χ4n) is 3.82. The van der Waals surface area contributed by atoms with E-state index in [0.29, 0.717) is 22.8 Å². The first kappa shape index (κ1) is 22.2. The van der Waals surface area contributed by atoms with E-state index in [2.05, 4.69) is 16.0 Å². The Kier molecular flexibility index (Phi) is 5.89. The molecule has 0 aliphatic heterocycles. The van der Waals surface area contributed by atoms with Crippen LogP contribution in [0.4, 0.5) is 27.7 Å². The summed E-state index contributed by atoms with van der Waals surface area (Å²) in [5.41, 5.74) is 6.85. The number of para-hydroxylation sites is 1. The Bertz CT molecular complexity index is 1490. The van der Waals surface area contributed by atoms with Crippen LogP contribution < -0.4 is 16.0 Å². The van der Waals surface area contributed by atoms with Gasteiger partial charge in [0.05, 0.1) is 17.1 Å². The van der Waals surface area contributed by atoms with Gasteiger partial charge < -0.3 is 16.0 Å². The molecule has 2 aromatic heterocycles. The lowest BCUT2D eigenvalue weighted by Crippen LogP contribution is -2.20. The van der Waals surface area contributed by atoms with Crippen molar-refractivity contribution in [3.8, 4) is 5.69 Å². The van der Waals surface area contributed by atoms with Crippen LogP contribution in [-0.2, 0) is 0 Å². The molecule has 3 N–H and O–H groups in total. The molecule has 5 rings (SSSR count). The lowest BCUT2D eigenvalue weighted by Gasteiger charge is -2.14. The highest BCUT2D eigenvalue weighted by Gasteiger charge is 2.17. The Labute approximate surface area is 203 Å². The van der Waals surface area contributed by atoms with Gasteiger partial charge in [0.2, 0.25) is 0 Å². The predicted molar refractivity (Wildman–Crippen MR) is 142 cm³/mol. The van der Waals surface area contributed by atoms with Crippen LogP contribution in [-0.4, -0.2) is 20.8 Å². The maximum Gasteiger partial charge on any atom is 0.323 e. The maximum atomic E-state index is 12.9. The summed E-state index contributed by atoms with van der Waals surface area (Å²) in [5, 5.41) is 14.8. The van der Waals surface area contributed by atoms with E-state index >= 15 is 0 Å². The van der Waals surface area contributed by atoms with Crippen LogP contribution in [0.1, 0.15) is 16.8 Å². The topological polar surface area (TPSA) is 83.9 Å². The Morgan fingerprint density at radius 1 is 0.771 bits per heavy atom. The van der Waals surface area contributed by atoms with E-state index in [4.69, 9.17) is 10.1 Å². The molecule has 0 fully saturated rings. The van der Waals surface area contributed by atoms with E-state index in [-0.39, 0.29) is 6.03 Å². The average molecular weight is 463 g/mol. The number of carbonyl (C=O) groups excluding carboxylic acids is 1. The molecule has 7 heteroatoms. The molecule has 174 valence electrons. The number of carbonyl (C=O) groups is 1. The highest BCUT2D eigenvalue weighted by Crippen LogP contribution is 2.31. The summed E-state index contributed by atoms with van der Waals surface area (Å²) in [5.74, 6) is 0.525. The molecule has 7 nitrogen and oxygen atoms in total. The zero-order valence-corrected chi connectivity index (χ0v) is 19.8. The molecule has 0 bridgehead atoms. The van der Waals surface area contributed by atoms with Gasteiger partial charge in [-0.05, 0) is 63.2 Å². The SMILES string of the molecule is Cc1ccc(NC(=O)Nc2cc3c(C)nn(-c4ccccc4)c3nc2Nc2ccc(C)cc2)cc1. The lowest BCUT2D eigenvalue weighted by molar-refractivity contribution is 0.262. The van der Waals surface area contributed by atoms with Crippen molar-refractivity contribution < 1.29 is 4.79 Å². The van der Waals surface area contributed by atoms with E-state index in [9.17, 15) is 4.79 Å². The number of nitrogens with one attached hydrogen (secondary N) is 3. The third kappa shape index (κ3) is 4.84. The van der Waals surface area contributed by atoms with E-state index in [1.54, 1.807) is 0 Å². The standard InChI is InChI=1S/C28H26N6O/c1-18-9-13-21(14-10-18)29-26-25(31-28(35)30-22-15-11-19(2)12-16-22)17-24-20(3)33-34(27(24)32-26)23-7-5-4-6-8-23/h4-17H,1-3H3,(H,29,32)(H2,30,31,35). The van der Waals surface area contributed by atoms with E-state index in [0.717, 1.165) is 33.6 Å². The summed E-state index contributed by atoms with van der Waals surface area (Å²) in [6.45, 7) is 5.98. The van der Waals surface area contributed by atoms with Gasteiger partial charge in [0.1, 0.15) is 0 Å². The Balaban J connectivity index is 1.55. The predicted octanol–water partition coefficient (Wildman–Crippen LogP) is 6.73. The molecular weight excluding hydrogens is 436 g/mol. The fraction of sp³-hybridized carbons (Fsp3) is 0.107. The van der Waals surface area contributed by atoms with E-state index in [1.807, 2.05) is 110 Å². The summed E-state index contributed by atoms with van der Waals surface area (Å²) in [6, 6.07) is 27.1. The van der Waals surface area contributed by atoms with Gasteiger partial charge in [-0.25, -0.2) is 14.5 Å². The molecule has 0 atom stereocenters. The molecule has 0 aliphatic carbocycles. The fourth-order valence-corrected chi connectivity index (χ4v) is 3.82. The smallest absolute Gasteiger partial charge is 0.323 e. The molecule has 2 heterocycles. The number of rotatable bonds is 5. The van der Waals surface area contributed by atoms with Gasteiger partial charge >= 0.3 is 6.03 Å². The van der Waals surface area contributed by atoms with Gasteiger partial charge in [-0.2, -0.15) is 5.10 Å². The number of urea groups is 1. The van der Waals surface area contributed by atoms with Crippen molar-refractivity contribution in [2.75, 3.05) is 16.0 Å². The molecule has 2 amide bonds. The van der Waals surface area contributed by atoms with Gasteiger partial charge in [-0.1, -0.05) is 53.6 Å². The van der Waals surface area contributed by atoms with Crippen molar-refractivity contribution in [1.29, 1.82) is 0 Å². The third-order valence-electron chi connectivity index (χ3n) is 5.72. The number of anilines is 4. The first-order chi connectivity index (χ1) is 17.0. The molecule has 35 heavy (non-hydrogen) atoms. The quantitative estimate of drug-likeness (QED) is 0.270. The minimum absolute atomic E-state index is 0.352. The number of hydrogen-bond acceptors (Lipinski definition) is 4. The number of pyridine rings is 1. The van der Waals surface area contributed by atoms with Crippen molar-refractivity contribution in [1.82, 2.24) is 14.8 Å². The van der Waals surface area contributed by atoms with Crippen LogP contribution in [0.2, 0.25) is 0 Å². The highest BCUT2D eigenvalue weighted by atomic mass is 16.2. The summed E-state index contributed by atoms with van der Waals surface area (Å²) < 4.78 is 1.82. The Hall–Kier alpha value is -4.65. The van der Waals surface area contributed by atoms with Crippen LogP contribution >= 0.6 is 0 Å². The van der Waals surface area contributed by atoms with E-state index in [1.165, 1.54) is 0 Å². The molecule has 0 radical (unpaired) electrons. The second-order valence-corrected chi connectivity index (χ2v) is 8.52. The van der Waals surface area contributed by atoms with Crippen molar-refractivity contribution in [3.63, 3.8) is 0 Å². The number of aromatic nitrogens is 3. The van der Waals surface area contributed by atoms with Gasteiger partial charge in [0.25, 0.3) is 0 Å². The van der Waals surface area contributed by atoms with Crippen LogP contribution in [0.5, 0.6) is 0 Å². The number of fused-ring (bicyclic) bond motifs is 1. The molecular formula is C28H26N6O. The number of amides is 2. The molecule has 0 unspecified atom stereocenters.